The van der Waals surface area contributed by atoms with Crippen LogP contribution in [0, 0.1) is 0 Å². The maximum atomic E-state index is 13.0. The van der Waals surface area contributed by atoms with E-state index in [-0.39, 0.29) is 32.1 Å². The number of aliphatic carboxylic acids is 1. The number of likely N-dealkylation sites (N-methyl/N-ethyl adjacent to an activating group) is 1. The maximum Gasteiger partial charge on any atom is 0.410 e. The number of hydrogen-bond donors (Lipinski definition) is 2. The standard InChI is InChI=1S/C32H36N2O7/c1-32(2,3)41-30(37)33-17-18-39-22-15-13-21(14-16-22)19-28(29(35)36)34(4)31(38)40-20-27-25-11-7-5-9-23(25)24-10-6-8-12-26(24)27/h5-16,27-28H,17-20H2,1-4H3,(H,33,37)(H,35,36)/t28-/m0/s1. The molecule has 1 aliphatic carbocycles. The summed E-state index contributed by atoms with van der Waals surface area (Å²) < 4.78 is 16.5. The minimum absolute atomic E-state index is 0.0938. The van der Waals surface area contributed by atoms with Gasteiger partial charge >= 0.3 is 18.2 Å². The van der Waals surface area contributed by atoms with Gasteiger partial charge in [0.1, 0.15) is 30.6 Å². The molecule has 0 saturated heterocycles. The lowest BCUT2D eigenvalue weighted by atomic mass is 9.98. The fourth-order valence-electron chi connectivity index (χ4n) is 4.79. The average Bonchev–Trinajstić information content (AvgIpc) is 3.25. The van der Waals surface area contributed by atoms with Crippen LogP contribution in [0.15, 0.2) is 72.8 Å². The molecule has 4 rings (SSSR count). The van der Waals surface area contributed by atoms with Gasteiger partial charge in [0.2, 0.25) is 0 Å². The van der Waals surface area contributed by atoms with Gasteiger partial charge in [-0.25, -0.2) is 14.4 Å². The Balaban J connectivity index is 1.30. The molecule has 216 valence electrons. The molecule has 0 saturated carbocycles. The molecule has 1 aliphatic rings. The van der Waals surface area contributed by atoms with E-state index in [1.807, 2.05) is 36.4 Å². The van der Waals surface area contributed by atoms with Gasteiger partial charge < -0.3 is 24.6 Å². The molecule has 0 bridgehead atoms. The first-order valence-electron chi connectivity index (χ1n) is 13.5. The van der Waals surface area contributed by atoms with Crippen molar-refractivity contribution in [2.75, 3.05) is 26.8 Å². The van der Waals surface area contributed by atoms with Gasteiger partial charge in [0.05, 0.1) is 6.54 Å². The lowest BCUT2D eigenvalue weighted by molar-refractivity contribution is -0.142. The van der Waals surface area contributed by atoms with Crippen LogP contribution in [-0.4, -0.2) is 66.6 Å². The largest absolute Gasteiger partial charge is 0.492 e. The molecular weight excluding hydrogens is 524 g/mol. The fourth-order valence-corrected chi connectivity index (χ4v) is 4.79. The van der Waals surface area contributed by atoms with E-state index in [9.17, 15) is 19.5 Å². The molecule has 0 spiro atoms. The van der Waals surface area contributed by atoms with E-state index < -0.39 is 29.8 Å². The molecule has 2 N–H and O–H groups in total. The predicted octanol–water partition coefficient (Wildman–Crippen LogP) is 5.47. The number of amides is 2. The number of carbonyl (C=O) groups is 3. The van der Waals surface area contributed by atoms with Gasteiger partial charge in [0, 0.05) is 19.4 Å². The molecule has 3 aromatic carbocycles. The van der Waals surface area contributed by atoms with Crippen LogP contribution in [0.1, 0.15) is 43.4 Å². The SMILES string of the molecule is CN(C(=O)OCC1c2ccccc2-c2ccccc21)[C@@H](Cc1ccc(OCCNC(=O)OC(C)(C)C)cc1)C(=O)O. The molecule has 1 atom stereocenters. The van der Waals surface area contributed by atoms with Gasteiger partial charge in [-0.2, -0.15) is 0 Å². The van der Waals surface area contributed by atoms with Crippen molar-refractivity contribution in [3.8, 4) is 16.9 Å². The van der Waals surface area contributed by atoms with Gasteiger partial charge in [-0.1, -0.05) is 60.7 Å². The lowest BCUT2D eigenvalue weighted by Crippen LogP contribution is -2.44. The third kappa shape index (κ3) is 7.57. The highest BCUT2D eigenvalue weighted by Gasteiger charge is 2.32. The third-order valence-electron chi connectivity index (χ3n) is 6.77. The average molecular weight is 561 g/mol. The van der Waals surface area contributed by atoms with Crippen LogP contribution < -0.4 is 10.1 Å². The number of nitrogens with one attached hydrogen (secondary N) is 1. The fraction of sp³-hybridized carbons (Fsp3) is 0.344. The number of carboxylic acid groups (broad SMARTS) is 1. The van der Waals surface area contributed by atoms with E-state index in [1.165, 1.54) is 7.05 Å². The zero-order valence-corrected chi connectivity index (χ0v) is 23.8. The summed E-state index contributed by atoms with van der Waals surface area (Å²) in [4.78, 5) is 37.9. The van der Waals surface area contributed by atoms with Gasteiger partial charge in [-0.05, 0) is 60.7 Å². The smallest absolute Gasteiger partial charge is 0.410 e. The Bertz CT molecular complexity index is 1340. The number of fused-ring (bicyclic) bond motifs is 3. The normalized spacial score (nSPS) is 13.0. The zero-order chi connectivity index (χ0) is 29.6. The molecule has 0 heterocycles. The number of alkyl carbamates (subject to hydrolysis) is 1. The molecule has 9 nitrogen and oxygen atoms in total. The number of ether oxygens (including phenoxy) is 3. The van der Waals surface area contributed by atoms with E-state index in [2.05, 4.69) is 17.4 Å². The Kier molecular flexibility index (Phi) is 9.17. The molecule has 41 heavy (non-hydrogen) atoms. The molecule has 9 heteroatoms. The predicted molar refractivity (Wildman–Crippen MR) is 154 cm³/mol. The summed E-state index contributed by atoms with van der Waals surface area (Å²) >= 11 is 0. The van der Waals surface area contributed by atoms with Crippen molar-refractivity contribution in [3.05, 3.63) is 89.5 Å². The van der Waals surface area contributed by atoms with Gasteiger partial charge in [-0.3, -0.25) is 4.90 Å². The van der Waals surface area contributed by atoms with Crippen LogP contribution in [-0.2, 0) is 20.7 Å². The van der Waals surface area contributed by atoms with Crippen LogP contribution in [0.3, 0.4) is 0 Å². The van der Waals surface area contributed by atoms with Crippen molar-refractivity contribution in [3.63, 3.8) is 0 Å². The Morgan fingerprint density at radius 2 is 1.51 bits per heavy atom. The minimum Gasteiger partial charge on any atom is -0.492 e. The Labute approximate surface area is 240 Å². The second-order valence-electron chi connectivity index (χ2n) is 10.9. The summed E-state index contributed by atoms with van der Waals surface area (Å²) in [6.45, 7) is 5.97. The van der Waals surface area contributed by atoms with E-state index in [0.717, 1.165) is 32.7 Å². The van der Waals surface area contributed by atoms with Crippen LogP contribution in [0.5, 0.6) is 5.75 Å². The van der Waals surface area contributed by atoms with E-state index in [0.29, 0.717) is 5.75 Å². The van der Waals surface area contributed by atoms with E-state index >= 15 is 0 Å². The maximum absolute atomic E-state index is 13.0. The number of carbonyl (C=O) groups excluding carboxylic acids is 2. The van der Waals surface area contributed by atoms with Crippen LogP contribution in [0.25, 0.3) is 11.1 Å². The van der Waals surface area contributed by atoms with Crippen molar-refractivity contribution >= 4 is 18.2 Å². The first-order chi connectivity index (χ1) is 19.5. The summed E-state index contributed by atoms with van der Waals surface area (Å²) in [6.07, 6.45) is -1.12. The molecule has 2 amide bonds. The Morgan fingerprint density at radius 3 is 2.07 bits per heavy atom. The quantitative estimate of drug-likeness (QED) is 0.316. The highest BCUT2D eigenvalue weighted by molar-refractivity contribution is 5.81. The molecule has 0 radical (unpaired) electrons. The van der Waals surface area contributed by atoms with Crippen molar-refractivity contribution in [2.45, 2.75) is 44.8 Å². The monoisotopic (exact) mass is 560 g/mol. The molecule has 0 fully saturated rings. The second-order valence-corrected chi connectivity index (χ2v) is 10.9. The topological polar surface area (TPSA) is 114 Å². The van der Waals surface area contributed by atoms with Crippen molar-refractivity contribution in [2.24, 2.45) is 0 Å². The number of nitrogens with zero attached hydrogens (tertiary/aromatic N) is 1. The van der Waals surface area contributed by atoms with Crippen molar-refractivity contribution in [1.82, 2.24) is 10.2 Å². The number of rotatable bonds is 10. The summed E-state index contributed by atoms with van der Waals surface area (Å²) in [6, 6.07) is 21.9. The number of benzene rings is 3. The van der Waals surface area contributed by atoms with Gasteiger partial charge in [0.15, 0.2) is 0 Å². The summed E-state index contributed by atoms with van der Waals surface area (Å²) in [5, 5.41) is 12.5. The van der Waals surface area contributed by atoms with Crippen LogP contribution in [0.2, 0.25) is 0 Å². The van der Waals surface area contributed by atoms with Crippen molar-refractivity contribution in [1.29, 1.82) is 0 Å². The molecule has 0 unspecified atom stereocenters. The minimum atomic E-state index is -1.13. The lowest BCUT2D eigenvalue weighted by Gasteiger charge is -2.25. The molecule has 0 aliphatic heterocycles. The van der Waals surface area contributed by atoms with Crippen LogP contribution >= 0.6 is 0 Å². The van der Waals surface area contributed by atoms with Gasteiger partial charge in [0.25, 0.3) is 0 Å². The highest BCUT2D eigenvalue weighted by atomic mass is 16.6. The Morgan fingerprint density at radius 1 is 0.927 bits per heavy atom. The first kappa shape index (κ1) is 29.5. The highest BCUT2D eigenvalue weighted by Crippen LogP contribution is 2.44. The Hall–Kier alpha value is -4.53. The zero-order valence-electron chi connectivity index (χ0n) is 23.8. The molecule has 0 aromatic heterocycles. The van der Waals surface area contributed by atoms with E-state index in [1.54, 1.807) is 45.0 Å². The summed E-state index contributed by atoms with van der Waals surface area (Å²) in [5.41, 5.74) is 4.55. The van der Waals surface area contributed by atoms with Gasteiger partial charge in [-0.15, -0.1) is 0 Å². The second kappa shape index (κ2) is 12.8. The van der Waals surface area contributed by atoms with Crippen LogP contribution in [0.4, 0.5) is 9.59 Å². The number of carboxylic acids is 1. The summed E-state index contributed by atoms with van der Waals surface area (Å²) in [5.74, 6) is -0.680. The third-order valence-corrected chi connectivity index (χ3v) is 6.77. The molecule has 3 aromatic rings. The first-order valence-corrected chi connectivity index (χ1v) is 13.5. The van der Waals surface area contributed by atoms with E-state index in [4.69, 9.17) is 14.2 Å². The summed E-state index contributed by atoms with van der Waals surface area (Å²) in [7, 11) is 1.44. The number of hydrogen-bond acceptors (Lipinski definition) is 6. The van der Waals surface area contributed by atoms with Crippen molar-refractivity contribution < 1.29 is 33.7 Å². The molecular formula is C32H36N2O7.